The Morgan fingerprint density at radius 1 is 0.971 bits per heavy atom. The Morgan fingerprint density at radius 3 is 2.24 bits per heavy atom. The maximum Gasteiger partial charge on any atom is 0.407 e. The normalized spacial score (nSPS) is 19.9. The smallest absolute Gasteiger partial charge is 0.407 e. The van der Waals surface area contributed by atoms with Crippen molar-refractivity contribution in [3.63, 3.8) is 0 Å². The van der Waals surface area contributed by atoms with E-state index in [0.29, 0.717) is 31.8 Å². The van der Waals surface area contributed by atoms with Gasteiger partial charge in [-0.2, -0.15) is 0 Å². The first kappa shape index (κ1) is 22.4. The van der Waals surface area contributed by atoms with Crippen molar-refractivity contribution in [1.82, 2.24) is 10.2 Å². The summed E-state index contributed by atoms with van der Waals surface area (Å²) >= 11 is 0. The van der Waals surface area contributed by atoms with Crippen molar-refractivity contribution in [2.24, 2.45) is 11.8 Å². The zero-order chi connectivity index (χ0) is 23.7. The molecule has 7 heteroatoms. The van der Waals surface area contributed by atoms with E-state index in [-0.39, 0.29) is 30.8 Å². The van der Waals surface area contributed by atoms with Gasteiger partial charge in [0.15, 0.2) is 0 Å². The zero-order valence-corrected chi connectivity index (χ0v) is 19.1. The summed E-state index contributed by atoms with van der Waals surface area (Å²) in [6.45, 7) is 1.16. The van der Waals surface area contributed by atoms with E-state index < -0.39 is 18.1 Å². The fraction of sp³-hybridized carbons (Fsp3) is 0.444. The molecule has 7 nitrogen and oxygen atoms in total. The number of nitrogens with one attached hydrogen (secondary N) is 1. The number of nitrogens with zero attached hydrogens (tertiary/aromatic N) is 1. The molecule has 34 heavy (non-hydrogen) atoms. The molecule has 2 amide bonds. The standard InChI is InChI=1S/C27H30N2O5/c30-25(31)14-18-11-12-29(15-18)26(32)24(13-17-9-10-17)28-27(33)34-16-23-21-7-3-1-5-19(21)20-6-2-4-8-22(20)23/h1-8,17-18,23-24H,9-16H2,(H,28,33)(H,30,31). The third-order valence-corrected chi connectivity index (χ3v) is 7.26. The minimum absolute atomic E-state index is 0.0301. The Hall–Kier alpha value is -3.35. The average Bonchev–Trinajstić information content (AvgIpc) is 3.43. The van der Waals surface area contributed by atoms with Gasteiger partial charge < -0.3 is 20.1 Å². The number of hydrogen-bond donors (Lipinski definition) is 2. The second-order valence-corrected chi connectivity index (χ2v) is 9.74. The predicted molar refractivity (Wildman–Crippen MR) is 126 cm³/mol. The van der Waals surface area contributed by atoms with Crippen LogP contribution in [0.3, 0.4) is 0 Å². The van der Waals surface area contributed by atoms with Crippen LogP contribution in [0.1, 0.15) is 49.1 Å². The van der Waals surface area contributed by atoms with E-state index in [4.69, 9.17) is 9.84 Å². The molecule has 0 bridgehead atoms. The number of rotatable bonds is 8. The predicted octanol–water partition coefficient (Wildman–Crippen LogP) is 4.02. The van der Waals surface area contributed by atoms with E-state index in [1.165, 1.54) is 11.1 Å². The van der Waals surface area contributed by atoms with Crippen LogP contribution < -0.4 is 5.32 Å². The van der Waals surface area contributed by atoms with Gasteiger partial charge in [0.05, 0.1) is 0 Å². The highest BCUT2D eigenvalue weighted by Crippen LogP contribution is 2.44. The molecule has 0 aromatic heterocycles. The van der Waals surface area contributed by atoms with Gasteiger partial charge in [0.1, 0.15) is 12.6 Å². The fourth-order valence-electron chi connectivity index (χ4n) is 5.36. The maximum absolute atomic E-state index is 13.2. The highest BCUT2D eigenvalue weighted by atomic mass is 16.5. The Labute approximate surface area is 199 Å². The summed E-state index contributed by atoms with van der Waals surface area (Å²) in [5.41, 5.74) is 4.62. The summed E-state index contributed by atoms with van der Waals surface area (Å²) in [5.74, 6) is -0.595. The lowest BCUT2D eigenvalue weighted by Crippen LogP contribution is -2.48. The topological polar surface area (TPSA) is 95.9 Å². The Balaban J connectivity index is 1.22. The summed E-state index contributed by atoms with van der Waals surface area (Å²) < 4.78 is 5.66. The first-order chi connectivity index (χ1) is 16.5. The van der Waals surface area contributed by atoms with Crippen LogP contribution in [0, 0.1) is 11.8 Å². The van der Waals surface area contributed by atoms with Crippen LogP contribution in [0.25, 0.3) is 11.1 Å². The van der Waals surface area contributed by atoms with Crippen LogP contribution in [0.4, 0.5) is 4.79 Å². The quantitative estimate of drug-likeness (QED) is 0.618. The summed E-state index contributed by atoms with van der Waals surface area (Å²) in [5, 5.41) is 11.9. The van der Waals surface area contributed by atoms with Crippen LogP contribution in [-0.2, 0) is 14.3 Å². The monoisotopic (exact) mass is 462 g/mol. The highest BCUT2D eigenvalue weighted by molar-refractivity contribution is 5.86. The molecule has 2 aromatic rings. The molecule has 0 radical (unpaired) electrons. The molecule has 2 aliphatic carbocycles. The van der Waals surface area contributed by atoms with Crippen LogP contribution in [0.5, 0.6) is 0 Å². The Morgan fingerprint density at radius 2 is 1.62 bits per heavy atom. The maximum atomic E-state index is 13.2. The molecule has 5 rings (SSSR count). The molecular weight excluding hydrogens is 432 g/mol. The van der Waals surface area contributed by atoms with E-state index in [1.54, 1.807) is 4.90 Å². The van der Waals surface area contributed by atoms with Crippen molar-refractivity contribution in [3.05, 3.63) is 59.7 Å². The number of carboxylic acid groups (broad SMARTS) is 1. The molecule has 0 spiro atoms. The van der Waals surface area contributed by atoms with Crippen LogP contribution >= 0.6 is 0 Å². The van der Waals surface area contributed by atoms with E-state index in [9.17, 15) is 14.4 Å². The number of likely N-dealkylation sites (tertiary alicyclic amines) is 1. The molecule has 2 aromatic carbocycles. The third-order valence-electron chi connectivity index (χ3n) is 7.26. The molecule has 1 saturated heterocycles. The number of benzene rings is 2. The largest absolute Gasteiger partial charge is 0.481 e. The number of carboxylic acids is 1. The van der Waals surface area contributed by atoms with Gasteiger partial charge in [0.2, 0.25) is 5.91 Å². The average molecular weight is 463 g/mol. The van der Waals surface area contributed by atoms with Gasteiger partial charge in [0.25, 0.3) is 0 Å². The number of amides is 2. The van der Waals surface area contributed by atoms with E-state index in [0.717, 1.165) is 24.0 Å². The number of ether oxygens (including phenoxy) is 1. The van der Waals surface area contributed by atoms with Crippen LogP contribution in [-0.4, -0.2) is 53.7 Å². The number of fused-ring (bicyclic) bond motifs is 3. The molecule has 2 unspecified atom stereocenters. The minimum atomic E-state index is -0.842. The molecule has 2 N–H and O–H groups in total. The number of carbonyl (C=O) groups excluding carboxylic acids is 2. The van der Waals surface area contributed by atoms with Crippen molar-refractivity contribution in [1.29, 1.82) is 0 Å². The molecule has 2 atom stereocenters. The van der Waals surface area contributed by atoms with Crippen molar-refractivity contribution in [2.45, 2.75) is 44.1 Å². The zero-order valence-electron chi connectivity index (χ0n) is 19.1. The lowest BCUT2D eigenvalue weighted by Gasteiger charge is -2.24. The summed E-state index contributed by atoms with van der Waals surface area (Å²) in [4.78, 5) is 38.7. The van der Waals surface area contributed by atoms with Gasteiger partial charge in [-0.15, -0.1) is 0 Å². The number of carbonyl (C=O) groups is 3. The van der Waals surface area contributed by atoms with E-state index in [1.807, 2.05) is 24.3 Å². The van der Waals surface area contributed by atoms with Gasteiger partial charge in [-0.05, 0) is 46.9 Å². The molecule has 178 valence electrons. The number of alkyl carbamates (subject to hydrolysis) is 1. The fourth-order valence-corrected chi connectivity index (χ4v) is 5.36. The molecule has 2 fully saturated rings. The minimum Gasteiger partial charge on any atom is -0.481 e. The van der Waals surface area contributed by atoms with Crippen molar-refractivity contribution in [3.8, 4) is 11.1 Å². The first-order valence-corrected chi connectivity index (χ1v) is 12.1. The summed E-state index contributed by atoms with van der Waals surface area (Å²) in [7, 11) is 0. The third kappa shape index (κ3) is 4.79. The Kier molecular flexibility index (Phi) is 6.26. The van der Waals surface area contributed by atoms with Crippen LogP contribution in [0.15, 0.2) is 48.5 Å². The van der Waals surface area contributed by atoms with Crippen molar-refractivity contribution >= 4 is 18.0 Å². The van der Waals surface area contributed by atoms with Crippen molar-refractivity contribution in [2.75, 3.05) is 19.7 Å². The number of aliphatic carboxylic acids is 1. The number of hydrogen-bond acceptors (Lipinski definition) is 4. The Bertz CT molecular complexity index is 1050. The van der Waals surface area contributed by atoms with Gasteiger partial charge in [0, 0.05) is 25.4 Å². The SMILES string of the molecule is O=C(O)CC1CCN(C(=O)C(CC2CC2)NC(=O)OCC2c3ccccc3-c3ccccc32)C1. The second kappa shape index (κ2) is 9.49. The van der Waals surface area contributed by atoms with Crippen molar-refractivity contribution < 1.29 is 24.2 Å². The molecule has 1 saturated carbocycles. The van der Waals surface area contributed by atoms with E-state index >= 15 is 0 Å². The molecular formula is C27H30N2O5. The lowest BCUT2D eigenvalue weighted by molar-refractivity contribution is -0.138. The summed E-state index contributed by atoms with van der Waals surface area (Å²) in [6.07, 6.45) is 2.90. The molecule has 3 aliphatic rings. The summed E-state index contributed by atoms with van der Waals surface area (Å²) in [6, 6.07) is 15.7. The molecule has 1 aliphatic heterocycles. The van der Waals surface area contributed by atoms with Crippen LogP contribution in [0.2, 0.25) is 0 Å². The second-order valence-electron chi connectivity index (χ2n) is 9.74. The first-order valence-electron chi connectivity index (χ1n) is 12.1. The van der Waals surface area contributed by atoms with Gasteiger partial charge in [-0.25, -0.2) is 4.79 Å². The highest BCUT2D eigenvalue weighted by Gasteiger charge is 2.36. The van der Waals surface area contributed by atoms with Gasteiger partial charge in [-0.1, -0.05) is 61.4 Å². The lowest BCUT2D eigenvalue weighted by atomic mass is 9.98. The van der Waals surface area contributed by atoms with E-state index in [2.05, 4.69) is 29.6 Å². The van der Waals surface area contributed by atoms with Gasteiger partial charge in [-0.3, -0.25) is 9.59 Å². The molecule has 1 heterocycles. The van der Waals surface area contributed by atoms with Gasteiger partial charge >= 0.3 is 12.1 Å².